The monoisotopic (exact) mass is 490 g/mol. The number of furan rings is 1. The summed E-state index contributed by atoms with van der Waals surface area (Å²) in [6, 6.07) is 14.4. The average molecular weight is 491 g/mol. The Morgan fingerprint density at radius 1 is 1.17 bits per heavy atom. The fraction of sp³-hybridized carbons (Fsp3) is 0.517. The van der Waals surface area contributed by atoms with Crippen LogP contribution < -0.4 is 5.32 Å². The van der Waals surface area contributed by atoms with Gasteiger partial charge in [-0.15, -0.1) is 0 Å². The highest BCUT2D eigenvalue weighted by Crippen LogP contribution is 2.34. The maximum atomic E-state index is 13.8. The van der Waals surface area contributed by atoms with E-state index in [1.54, 1.807) is 0 Å². The average Bonchev–Trinajstić information content (AvgIpc) is 3.39. The van der Waals surface area contributed by atoms with E-state index in [4.69, 9.17) is 4.42 Å². The minimum absolute atomic E-state index is 0.0480. The van der Waals surface area contributed by atoms with E-state index in [9.17, 15) is 9.59 Å². The topological polar surface area (TPSA) is 70.7 Å². The number of benzene rings is 1. The molecule has 0 unspecified atom stereocenters. The minimum Gasteiger partial charge on any atom is -0.460 e. The van der Waals surface area contributed by atoms with Crippen molar-refractivity contribution in [2.45, 2.75) is 77.0 Å². The van der Waals surface area contributed by atoms with Crippen molar-refractivity contribution in [1.29, 1.82) is 0 Å². The second-order valence-electron chi connectivity index (χ2n) is 10.8. The molecular weight excluding hydrogens is 452 g/mol. The molecule has 7 heteroatoms. The number of nitrogens with zero attached hydrogens (tertiary/aromatic N) is 3. The minimum atomic E-state index is -0.962. The zero-order chi connectivity index (χ0) is 25.3. The zero-order valence-corrected chi connectivity index (χ0v) is 21.8. The van der Waals surface area contributed by atoms with Gasteiger partial charge in [-0.3, -0.25) is 9.59 Å². The molecule has 1 saturated carbocycles. The smallest absolute Gasteiger partial charge is 0.271 e. The third-order valence-corrected chi connectivity index (χ3v) is 7.89. The van der Waals surface area contributed by atoms with E-state index in [1.165, 1.54) is 12.0 Å². The SMILES string of the molecule is Cc1cc2c(cc3n2C[C@](C)(C(=O)NC2CCCCC2)N(CCCN(C)Cc2ccccc2)C3=O)o1. The highest BCUT2D eigenvalue weighted by atomic mass is 16.3. The zero-order valence-electron chi connectivity index (χ0n) is 21.8. The second-order valence-corrected chi connectivity index (χ2v) is 10.8. The molecule has 1 aliphatic heterocycles. The molecule has 1 aromatic carbocycles. The number of nitrogens with one attached hydrogen (secondary N) is 1. The second kappa shape index (κ2) is 10.1. The molecule has 3 aromatic rings. The van der Waals surface area contributed by atoms with E-state index in [1.807, 2.05) is 41.5 Å². The highest BCUT2D eigenvalue weighted by Gasteiger charge is 2.48. The standard InChI is InChI=1S/C29H38N4O3/c1-21-17-24-26(36-21)18-25-27(34)33(16-10-15-31(3)19-22-11-6-4-7-12-22)29(2,20-32(24)25)28(35)30-23-13-8-5-9-14-23/h4,6-7,11-12,17-18,23H,5,8-10,13-16,19-20H2,1-3H3,(H,30,35)/t29-/m1/s1. The van der Waals surface area contributed by atoms with Crippen LogP contribution in [0.15, 0.2) is 46.9 Å². The maximum absolute atomic E-state index is 13.8. The van der Waals surface area contributed by atoms with Crippen molar-refractivity contribution in [3.8, 4) is 0 Å². The Hall–Kier alpha value is -3.06. The Bertz CT molecular complexity index is 1220. The summed E-state index contributed by atoms with van der Waals surface area (Å²) in [6.07, 6.45) is 6.34. The quantitative estimate of drug-likeness (QED) is 0.496. The summed E-state index contributed by atoms with van der Waals surface area (Å²) in [5.74, 6) is 0.658. The van der Waals surface area contributed by atoms with E-state index < -0.39 is 5.54 Å². The molecule has 2 aliphatic rings. The van der Waals surface area contributed by atoms with Gasteiger partial charge in [0.25, 0.3) is 5.91 Å². The molecule has 1 atom stereocenters. The van der Waals surface area contributed by atoms with Gasteiger partial charge in [-0.2, -0.15) is 0 Å². The molecule has 2 amide bonds. The largest absolute Gasteiger partial charge is 0.460 e. The molecule has 0 radical (unpaired) electrons. The van der Waals surface area contributed by atoms with Crippen LogP contribution in [0.5, 0.6) is 0 Å². The highest BCUT2D eigenvalue weighted by molar-refractivity contribution is 6.03. The van der Waals surface area contributed by atoms with Gasteiger partial charge in [-0.05, 0) is 52.3 Å². The number of aryl methyl sites for hydroxylation is 1. The van der Waals surface area contributed by atoms with E-state index in [2.05, 4.69) is 41.5 Å². The Morgan fingerprint density at radius 3 is 2.67 bits per heavy atom. The Labute approximate surface area is 213 Å². The van der Waals surface area contributed by atoms with E-state index >= 15 is 0 Å². The van der Waals surface area contributed by atoms with Gasteiger partial charge in [0.2, 0.25) is 5.91 Å². The molecule has 7 nitrogen and oxygen atoms in total. The first-order chi connectivity index (χ1) is 17.3. The number of rotatable bonds is 8. The van der Waals surface area contributed by atoms with Crippen molar-refractivity contribution < 1.29 is 14.0 Å². The van der Waals surface area contributed by atoms with Gasteiger partial charge in [0.1, 0.15) is 17.0 Å². The predicted molar refractivity (Wildman–Crippen MR) is 141 cm³/mol. The van der Waals surface area contributed by atoms with E-state index in [-0.39, 0.29) is 17.9 Å². The molecular formula is C29H38N4O3. The number of carbonyl (C=O) groups excluding carboxylic acids is 2. The third-order valence-electron chi connectivity index (χ3n) is 7.89. The van der Waals surface area contributed by atoms with Gasteiger partial charge in [-0.1, -0.05) is 49.6 Å². The van der Waals surface area contributed by atoms with Crippen LogP contribution in [0.3, 0.4) is 0 Å². The number of fused-ring (bicyclic) bond motifs is 3. The Kier molecular flexibility index (Phi) is 6.93. The molecule has 0 bridgehead atoms. The normalized spacial score (nSPS) is 20.8. The molecule has 0 saturated heterocycles. The number of carbonyl (C=O) groups is 2. The van der Waals surface area contributed by atoms with Gasteiger partial charge in [-0.25, -0.2) is 0 Å². The van der Waals surface area contributed by atoms with Gasteiger partial charge >= 0.3 is 0 Å². The van der Waals surface area contributed by atoms with Crippen LogP contribution in [0, 0.1) is 6.92 Å². The first-order valence-corrected chi connectivity index (χ1v) is 13.3. The number of amides is 2. The summed E-state index contributed by atoms with van der Waals surface area (Å²) in [5.41, 5.74) is 2.49. The van der Waals surface area contributed by atoms with Crippen LogP contribution in [0.2, 0.25) is 0 Å². The van der Waals surface area contributed by atoms with Crippen molar-refractivity contribution in [3.05, 3.63) is 59.5 Å². The predicted octanol–water partition coefficient (Wildman–Crippen LogP) is 4.73. The number of aromatic nitrogens is 1. The van der Waals surface area contributed by atoms with Gasteiger partial charge in [0, 0.05) is 31.3 Å². The molecule has 1 fully saturated rings. The van der Waals surface area contributed by atoms with Crippen molar-refractivity contribution >= 4 is 22.9 Å². The van der Waals surface area contributed by atoms with E-state index in [0.29, 0.717) is 24.4 Å². The molecule has 3 heterocycles. The van der Waals surface area contributed by atoms with Crippen molar-refractivity contribution in [2.75, 3.05) is 20.1 Å². The van der Waals surface area contributed by atoms with Crippen molar-refractivity contribution in [2.24, 2.45) is 0 Å². The molecule has 0 spiro atoms. The first-order valence-electron chi connectivity index (χ1n) is 13.3. The summed E-state index contributed by atoms with van der Waals surface area (Å²) in [6.45, 7) is 6.48. The van der Waals surface area contributed by atoms with Crippen molar-refractivity contribution in [3.63, 3.8) is 0 Å². The fourth-order valence-electron chi connectivity index (χ4n) is 5.87. The Morgan fingerprint density at radius 2 is 1.92 bits per heavy atom. The lowest BCUT2D eigenvalue weighted by atomic mass is 9.91. The number of hydrogen-bond acceptors (Lipinski definition) is 4. The van der Waals surface area contributed by atoms with Crippen LogP contribution in [0.25, 0.3) is 11.1 Å². The van der Waals surface area contributed by atoms with Gasteiger partial charge in [0.15, 0.2) is 5.58 Å². The fourth-order valence-corrected chi connectivity index (χ4v) is 5.87. The van der Waals surface area contributed by atoms with Crippen molar-refractivity contribution in [1.82, 2.24) is 19.7 Å². The van der Waals surface area contributed by atoms with Gasteiger partial charge in [0.05, 0.1) is 12.1 Å². The van der Waals surface area contributed by atoms with Gasteiger partial charge < -0.3 is 24.1 Å². The van der Waals surface area contributed by atoms with Crippen LogP contribution in [-0.4, -0.2) is 57.9 Å². The molecule has 1 N–H and O–H groups in total. The molecule has 1 aliphatic carbocycles. The third kappa shape index (κ3) is 4.81. The molecule has 2 aromatic heterocycles. The van der Waals surface area contributed by atoms with E-state index in [0.717, 1.165) is 56.5 Å². The number of hydrogen-bond donors (Lipinski definition) is 1. The van der Waals surface area contributed by atoms with Crippen LogP contribution in [0.1, 0.15) is 67.3 Å². The molecule has 36 heavy (non-hydrogen) atoms. The summed E-state index contributed by atoms with van der Waals surface area (Å²) in [5, 5.41) is 3.31. The summed E-state index contributed by atoms with van der Waals surface area (Å²) in [7, 11) is 2.10. The molecule has 5 rings (SSSR count). The summed E-state index contributed by atoms with van der Waals surface area (Å²) < 4.78 is 7.80. The molecule has 192 valence electrons. The lowest BCUT2D eigenvalue weighted by Crippen LogP contribution is -2.65. The summed E-state index contributed by atoms with van der Waals surface area (Å²) in [4.78, 5) is 31.7. The van der Waals surface area contributed by atoms with Crippen LogP contribution in [-0.2, 0) is 17.9 Å². The Balaban J connectivity index is 1.35. The first kappa shape index (κ1) is 24.6. The van der Waals surface area contributed by atoms with Crippen LogP contribution >= 0.6 is 0 Å². The lowest BCUT2D eigenvalue weighted by Gasteiger charge is -2.45. The lowest BCUT2D eigenvalue weighted by molar-refractivity contribution is -0.133. The summed E-state index contributed by atoms with van der Waals surface area (Å²) >= 11 is 0. The van der Waals surface area contributed by atoms with Crippen LogP contribution in [0.4, 0.5) is 0 Å². The maximum Gasteiger partial charge on any atom is 0.271 e.